The predicted octanol–water partition coefficient (Wildman–Crippen LogP) is 4.11. The molecule has 2 aromatic carbocycles. The molecule has 6 heteroatoms. The highest BCUT2D eigenvalue weighted by Gasteiger charge is 2.13. The first-order valence-corrected chi connectivity index (χ1v) is 7.23. The molecule has 0 aliphatic heterocycles. The van der Waals surface area contributed by atoms with Crippen molar-refractivity contribution < 1.29 is 10.0 Å². The third-order valence-electron chi connectivity index (χ3n) is 3.03. The van der Waals surface area contributed by atoms with Gasteiger partial charge in [-0.2, -0.15) is 0 Å². The van der Waals surface area contributed by atoms with Crippen LogP contribution in [0.3, 0.4) is 0 Å². The van der Waals surface area contributed by atoms with Gasteiger partial charge in [0.05, 0.1) is 9.40 Å². The van der Waals surface area contributed by atoms with Gasteiger partial charge in [0.2, 0.25) is 0 Å². The molecule has 21 heavy (non-hydrogen) atoms. The summed E-state index contributed by atoms with van der Waals surface area (Å²) in [7, 11) is 0. The number of halogens is 1. The number of rotatable bonds is 5. The number of anilines is 1. The third-order valence-corrected chi connectivity index (χ3v) is 3.70. The van der Waals surface area contributed by atoms with E-state index in [1.807, 2.05) is 19.1 Å². The zero-order valence-corrected chi connectivity index (χ0v) is 13.0. The van der Waals surface area contributed by atoms with Gasteiger partial charge in [-0.3, -0.25) is 10.1 Å². The minimum atomic E-state index is -0.417. The van der Waals surface area contributed by atoms with E-state index in [4.69, 9.17) is 0 Å². The van der Waals surface area contributed by atoms with E-state index in [9.17, 15) is 15.2 Å². The van der Waals surface area contributed by atoms with E-state index < -0.39 is 4.92 Å². The van der Waals surface area contributed by atoms with E-state index in [0.717, 1.165) is 12.0 Å². The summed E-state index contributed by atoms with van der Waals surface area (Å²) in [5, 5.41) is 23.4. The summed E-state index contributed by atoms with van der Waals surface area (Å²) in [4.78, 5) is 10.5. The van der Waals surface area contributed by atoms with Crippen LogP contribution in [0.1, 0.15) is 12.5 Å². The second-order valence-corrected chi connectivity index (χ2v) is 5.69. The first-order chi connectivity index (χ1) is 9.95. The van der Waals surface area contributed by atoms with Crippen LogP contribution < -0.4 is 5.32 Å². The maximum atomic E-state index is 10.9. The first-order valence-electron chi connectivity index (χ1n) is 6.44. The Morgan fingerprint density at radius 1 is 1.29 bits per heavy atom. The Morgan fingerprint density at radius 2 is 1.95 bits per heavy atom. The number of nitrogens with one attached hydrogen (secondary N) is 1. The van der Waals surface area contributed by atoms with Crippen LogP contribution in [-0.2, 0) is 6.42 Å². The van der Waals surface area contributed by atoms with E-state index in [1.54, 1.807) is 24.3 Å². The van der Waals surface area contributed by atoms with Gasteiger partial charge in [0.15, 0.2) is 0 Å². The fourth-order valence-electron chi connectivity index (χ4n) is 2.06. The molecule has 0 aromatic heterocycles. The molecule has 0 bridgehead atoms. The van der Waals surface area contributed by atoms with Gasteiger partial charge in [0.25, 0.3) is 5.69 Å². The van der Waals surface area contributed by atoms with Crippen molar-refractivity contribution in [2.45, 2.75) is 19.4 Å². The molecule has 2 rings (SSSR count). The number of benzene rings is 2. The van der Waals surface area contributed by atoms with Crippen LogP contribution >= 0.6 is 15.9 Å². The minimum absolute atomic E-state index is 0.0387. The highest BCUT2D eigenvalue weighted by molar-refractivity contribution is 9.10. The number of nitro groups is 1. The van der Waals surface area contributed by atoms with Crippen molar-refractivity contribution in [3.63, 3.8) is 0 Å². The Bertz CT molecular complexity index is 644. The Balaban J connectivity index is 2.05. The van der Waals surface area contributed by atoms with Gasteiger partial charge in [-0.15, -0.1) is 0 Å². The lowest BCUT2D eigenvalue weighted by Gasteiger charge is -2.15. The molecule has 0 radical (unpaired) electrons. The van der Waals surface area contributed by atoms with Crippen molar-refractivity contribution in [3.8, 4) is 5.75 Å². The van der Waals surface area contributed by atoms with Gasteiger partial charge in [0, 0.05) is 17.8 Å². The van der Waals surface area contributed by atoms with E-state index in [0.29, 0.717) is 10.2 Å². The highest BCUT2D eigenvalue weighted by Crippen LogP contribution is 2.28. The average molecular weight is 351 g/mol. The summed E-state index contributed by atoms with van der Waals surface area (Å²) in [5.41, 5.74) is 1.83. The van der Waals surface area contributed by atoms with Crippen LogP contribution in [0.2, 0.25) is 0 Å². The Labute approximate surface area is 130 Å². The lowest BCUT2D eigenvalue weighted by atomic mass is 10.1. The SMILES string of the molecule is CC(Cc1ccc(O)cc1)Nc1ccc(Br)c([N+](=O)[O-])c1. The lowest BCUT2D eigenvalue weighted by Crippen LogP contribution is -2.18. The monoisotopic (exact) mass is 350 g/mol. The topological polar surface area (TPSA) is 75.4 Å². The maximum absolute atomic E-state index is 10.9. The highest BCUT2D eigenvalue weighted by atomic mass is 79.9. The van der Waals surface area contributed by atoms with Crippen LogP contribution in [-0.4, -0.2) is 16.1 Å². The summed E-state index contributed by atoms with van der Waals surface area (Å²) in [6.45, 7) is 2.00. The molecule has 1 atom stereocenters. The third kappa shape index (κ3) is 4.19. The van der Waals surface area contributed by atoms with Crippen LogP contribution in [0.15, 0.2) is 46.9 Å². The van der Waals surface area contributed by atoms with E-state index in [-0.39, 0.29) is 17.5 Å². The molecule has 2 aromatic rings. The molecule has 0 saturated carbocycles. The number of nitrogens with zero attached hydrogens (tertiary/aromatic N) is 1. The standard InChI is InChI=1S/C15H15BrN2O3/c1-10(8-11-2-5-13(19)6-3-11)17-12-4-7-14(16)15(9-12)18(20)21/h2-7,9-10,17,19H,8H2,1H3. The fourth-order valence-corrected chi connectivity index (χ4v) is 2.45. The summed E-state index contributed by atoms with van der Waals surface area (Å²) in [6.07, 6.45) is 0.754. The molecule has 0 heterocycles. The number of phenolic OH excluding ortho intramolecular Hbond substituents is 1. The summed E-state index contributed by atoms with van der Waals surface area (Å²) in [6, 6.07) is 12.1. The molecule has 110 valence electrons. The number of aromatic hydroxyl groups is 1. The van der Waals surface area contributed by atoms with Crippen molar-refractivity contribution in [1.29, 1.82) is 0 Å². The van der Waals surface area contributed by atoms with Crippen molar-refractivity contribution >= 4 is 27.3 Å². The molecule has 0 fully saturated rings. The molecule has 0 aliphatic carbocycles. The van der Waals surface area contributed by atoms with Crippen molar-refractivity contribution in [2.75, 3.05) is 5.32 Å². The fraction of sp³-hybridized carbons (Fsp3) is 0.200. The minimum Gasteiger partial charge on any atom is -0.508 e. The Kier molecular flexibility index (Phi) is 4.80. The molecule has 1 unspecified atom stereocenters. The number of phenols is 1. The van der Waals surface area contributed by atoms with Gasteiger partial charge in [-0.25, -0.2) is 0 Å². The molecule has 2 N–H and O–H groups in total. The maximum Gasteiger partial charge on any atom is 0.285 e. The van der Waals surface area contributed by atoms with Crippen molar-refractivity contribution in [3.05, 3.63) is 62.6 Å². The van der Waals surface area contributed by atoms with Crippen LogP contribution in [0, 0.1) is 10.1 Å². The molecule has 5 nitrogen and oxygen atoms in total. The van der Waals surface area contributed by atoms with Crippen molar-refractivity contribution in [1.82, 2.24) is 0 Å². The summed E-state index contributed by atoms with van der Waals surface area (Å²) in [5.74, 6) is 0.239. The van der Waals surface area contributed by atoms with Crippen LogP contribution in [0.4, 0.5) is 11.4 Å². The second-order valence-electron chi connectivity index (χ2n) is 4.84. The largest absolute Gasteiger partial charge is 0.508 e. The number of hydrogen-bond donors (Lipinski definition) is 2. The van der Waals surface area contributed by atoms with Gasteiger partial charge in [-0.05, 0) is 59.1 Å². The predicted molar refractivity (Wildman–Crippen MR) is 85.7 cm³/mol. The smallest absolute Gasteiger partial charge is 0.285 e. The van der Waals surface area contributed by atoms with Gasteiger partial charge < -0.3 is 10.4 Å². The molecular weight excluding hydrogens is 336 g/mol. The van der Waals surface area contributed by atoms with E-state index >= 15 is 0 Å². The normalized spacial score (nSPS) is 11.9. The second kappa shape index (κ2) is 6.58. The number of nitro benzene ring substituents is 1. The number of hydrogen-bond acceptors (Lipinski definition) is 4. The van der Waals surface area contributed by atoms with Gasteiger partial charge in [0.1, 0.15) is 5.75 Å². The zero-order chi connectivity index (χ0) is 15.4. The van der Waals surface area contributed by atoms with Gasteiger partial charge in [-0.1, -0.05) is 12.1 Å². The van der Waals surface area contributed by atoms with Gasteiger partial charge >= 0.3 is 0 Å². The van der Waals surface area contributed by atoms with Crippen LogP contribution in [0.25, 0.3) is 0 Å². The quantitative estimate of drug-likeness (QED) is 0.628. The summed E-state index contributed by atoms with van der Waals surface area (Å²) >= 11 is 3.16. The van der Waals surface area contributed by atoms with E-state index in [1.165, 1.54) is 6.07 Å². The molecule has 0 spiro atoms. The zero-order valence-electron chi connectivity index (χ0n) is 11.4. The van der Waals surface area contributed by atoms with Crippen LogP contribution in [0.5, 0.6) is 5.75 Å². The van der Waals surface area contributed by atoms with E-state index in [2.05, 4.69) is 21.2 Å². The Hall–Kier alpha value is -2.08. The molecule has 0 amide bonds. The lowest BCUT2D eigenvalue weighted by molar-refractivity contribution is -0.385. The van der Waals surface area contributed by atoms with Crippen molar-refractivity contribution in [2.24, 2.45) is 0 Å². The molecule has 0 aliphatic rings. The summed E-state index contributed by atoms with van der Waals surface area (Å²) < 4.78 is 0.462. The first kappa shape index (κ1) is 15.3. The Morgan fingerprint density at radius 3 is 2.57 bits per heavy atom. The molecular formula is C15H15BrN2O3. The average Bonchev–Trinajstić information content (AvgIpc) is 2.43. The molecule has 0 saturated heterocycles.